The molecular weight excluding hydrogens is 303 g/mol. The van der Waals surface area contributed by atoms with Crippen molar-refractivity contribution in [3.05, 3.63) is 27.8 Å². The fraction of sp³-hybridized carbons (Fsp3) is 0.455. The minimum atomic E-state index is 0.222. The predicted molar refractivity (Wildman–Crippen MR) is 70.2 cm³/mol. The summed E-state index contributed by atoms with van der Waals surface area (Å²) in [6.07, 6.45) is 0. The van der Waals surface area contributed by atoms with Crippen LogP contribution in [0, 0.1) is 3.57 Å². The van der Waals surface area contributed by atoms with Gasteiger partial charge in [-0.05, 0) is 46.9 Å². The second-order valence-corrected chi connectivity index (χ2v) is 5.00. The minimum absolute atomic E-state index is 0.222. The van der Waals surface area contributed by atoms with Crippen LogP contribution in [-0.2, 0) is 0 Å². The van der Waals surface area contributed by atoms with Crippen LogP contribution < -0.4 is 10.2 Å². The second-order valence-electron chi connectivity index (χ2n) is 3.76. The van der Waals surface area contributed by atoms with Crippen LogP contribution in [0.1, 0.15) is 0 Å². The van der Waals surface area contributed by atoms with E-state index < -0.39 is 0 Å². The molecule has 15 heavy (non-hydrogen) atoms. The van der Waals surface area contributed by atoms with Gasteiger partial charge in [-0.25, -0.2) is 0 Å². The smallest absolute Gasteiger partial charge is 0.0556 e. The third kappa shape index (κ3) is 2.83. The van der Waals surface area contributed by atoms with Gasteiger partial charge in [0.2, 0.25) is 0 Å². The third-order valence-electron chi connectivity index (χ3n) is 2.62. The summed E-state index contributed by atoms with van der Waals surface area (Å²) < 4.78 is 1.27. The number of anilines is 1. The number of halogens is 1. The topological polar surface area (TPSA) is 35.5 Å². The van der Waals surface area contributed by atoms with Gasteiger partial charge in [0.25, 0.3) is 0 Å². The van der Waals surface area contributed by atoms with Crippen LogP contribution in [0.2, 0.25) is 0 Å². The Balaban J connectivity index is 1.81. The molecule has 0 aliphatic carbocycles. The van der Waals surface area contributed by atoms with E-state index in [2.05, 4.69) is 57.1 Å². The Morgan fingerprint density at radius 2 is 2.00 bits per heavy atom. The number of hydrogen-bond acceptors (Lipinski definition) is 3. The monoisotopic (exact) mass is 318 g/mol. The SMILES string of the molecule is OCCNC1CN(c2ccc(I)cc2)C1. The molecule has 0 saturated carbocycles. The lowest BCUT2D eigenvalue weighted by atomic mass is 10.1. The van der Waals surface area contributed by atoms with Crippen molar-refractivity contribution in [2.45, 2.75) is 6.04 Å². The molecule has 4 heteroatoms. The van der Waals surface area contributed by atoms with Crippen LogP contribution in [-0.4, -0.2) is 37.4 Å². The van der Waals surface area contributed by atoms with Gasteiger partial charge in [-0.1, -0.05) is 0 Å². The summed E-state index contributed by atoms with van der Waals surface area (Å²) in [6.45, 7) is 3.01. The van der Waals surface area contributed by atoms with Gasteiger partial charge >= 0.3 is 0 Å². The lowest BCUT2D eigenvalue weighted by molar-refractivity contribution is 0.276. The predicted octanol–water partition coefficient (Wildman–Crippen LogP) is 1.06. The molecular formula is C11H15IN2O. The van der Waals surface area contributed by atoms with Gasteiger partial charge in [-0.15, -0.1) is 0 Å². The molecule has 0 spiro atoms. The van der Waals surface area contributed by atoms with Crippen molar-refractivity contribution in [1.29, 1.82) is 0 Å². The molecule has 0 bridgehead atoms. The standard InChI is InChI=1S/C11H15IN2O/c12-9-1-3-11(4-2-9)14-7-10(8-14)13-5-6-15/h1-4,10,13,15H,5-8H2. The van der Waals surface area contributed by atoms with Gasteiger partial charge in [-0.3, -0.25) is 0 Å². The first-order chi connectivity index (χ1) is 7.29. The molecule has 2 N–H and O–H groups in total. The maximum Gasteiger partial charge on any atom is 0.0556 e. The fourth-order valence-electron chi connectivity index (χ4n) is 1.74. The molecule has 1 saturated heterocycles. The van der Waals surface area contributed by atoms with Crippen LogP contribution in [0.25, 0.3) is 0 Å². The highest BCUT2D eigenvalue weighted by atomic mass is 127. The van der Waals surface area contributed by atoms with Crippen molar-refractivity contribution in [2.75, 3.05) is 31.1 Å². The molecule has 1 aromatic rings. The largest absolute Gasteiger partial charge is 0.395 e. The third-order valence-corrected chi connectivity index (χ3v) is 3.34. The van der Waals surface area contributed by atoms with E-state index in [0.29, 0.717) is 12.6 Å². The summed E-state index contributed by atoms with van der Waals surface area (Å²) in [5.74, 6) is 0. The number of aliphatic hydroxyl groups excluding tert-OH is 1. The highest BCUT2D eigenvalue weighted by Gasteiger charge is 2.25. The summed E-state index contributed by atoms with van der Waals surface area (Å²) in [6, 6.07) is 9.11. The maximum atomic E-state index is 8.67. The number of benzene rings is 1. The van der Waals surface area contributed by atoms with Gasteiger partial charge in [0, 0.05) is 34.9 Å². The van der Waals surface area contributed by atoms with Gasteiger partial charge in [-0.2, -0.15) is 0 Å². The normalized spacial score (nSPS) is 16.5. The molecule has 2 rings (SSSR count). The zero-order valence-corrected chi connectivity index (χ0v) is 10.6. The van der Waals surface area contributed by atoms with Gasteiger partial charge < -0.3 is 15.3 Å². The van der Waals surface area contributed by atoms with Gasteiger partial charge in [0.15, 0.2) is 0 Å². The summed E-state index contributed by atoms with van der Waals surface area (Å²) in [5, 5.41) is 12.0. The molecule has 1 aliphatic heterocycles. The molecule has 0 radical (unpaired) electrons. The van der Waals surface area contributed by atoms with E-state index in [4.69, 9.17) is 5.11 Å². The van der Waals surface area contributed by atoms with E-state index in [1.807, 2.05) is 0 Å². The van der Waals surface area contributed by atoms with Crippen molar-refractivity contribution < 1.29 is 5.11 Å². The number of hydrogen-bond donors (Lipinski definition) is 2. The quantitative estimate of drug-likeness (QED) is 0.815. The number of nitrogens with one attached hydrogen (secondary N) is 1. The summed E-state index contributed by atoms with van der Waals surface area (Å²) in [7, 11) is 0. The maximum absolute atomic E-state index is 8.67. The Hall–Kier alpha value is -0.330. The molecule has 3 nitrogen and oxygen atoms in total. The first-order valence-electron chi connectivity index (χ1n) is 5.14. The van der Waals surface area contributed by atoms with Crippen LogP contribution in [0.15, 0.2) is 24.3 Å². The molecule has 1 heterocycles. The summed E-state index contributed by atoms with van der Waals surface area (Å²) in [4.78, 5) is 2.34. The van der Waals surface area contributed by atoms with Crippen LogP contribution in [0.4, 0.5) is 5.69 Å². The lowest BCUT2D eigenvalue weighted by Crippen LogP contribution is -2.58. The number of aliphatic hydroxyl groups is 1. The van der Waals surface area contributed by atoms with Gasteiger partial charge in [0.1, 0.15) is 0 Å². The van der Waals surface area contributed by atoms with Crippen molar-refractivity contribution >= 4 is 28.3 Å². The van der Waals surface area contributed by atoms with Gasteiger partial charge in [0.05, 0.1) is 6.61 Å². The van der Waals surface area contributed by atoms with Crippen molar-refractivity contribution in [3.8, 4) is 0 Å². The molecule has 1 aliphatic rings. The average Bonchev–Trinajstić information content (AvgIpc) is 2.18. The first-order valence-corrected chi connectivity index (χ1v) is 6.22. The highest BCUT2D eigenvalue weighted by molar-refractivity contribution is 14.1. The Bertz CT molecular complexity index is 309. The fourth-order valence-corrected chi connectivity index (χ4v) is 2.10. The van der Waals surface area contributed by atoms with Crippen LogP contribution >= 0.6 is 22.6 Å². The van der Waals surface area contributed by atoms with Crippen molar-refractivity contribution in [2.24, 2.45) is 0 Å². The van der Waals surface area contributed by atoms with E-state index in [-0.39, 0.29) is 6.61 Å². The van der Waals surface area contributed by atoms with E-state index in [1.54, 1.807) is 0 Å². The lowest BCUT2D eigenvalue weighted by Gasteiger charge is -2.41. The molecule has 1 fully saturated rings. The summed E-state index contributed by atoms with van der Waals surface area (Å²) >= 11 is 2.31. The Morgan fingerprint density at radius 3 is 2.60 bits per heavy atom. The van der Waals surface area contributed by atoms with E-state index in [1.165, 1.54) is 9.26 Å². The molecule has 0 amide bonds. The Kier molecular flexibility index (Phi) is 3.82. The Labute approximate surface area is 104 Å². The van der Waals surface area contributed by atoms with Crippen molar-refractivity contribution in [1.82, 2.24) is 5.32 Å². The number of nitrogens with zero attached hydrogens (tertiary/aromatic N) is 1. The van der Waals surface area contributed by atoms with Crippen LogP contribution in [0.3, 0.4) is 0 Å². The highest BCUT2D eigenvalue weighted by Crippen LogP contribution is 2.21. The molecule has 0 aromatic heterocycles. The van der Waals surface area contributed by atoms with Crippen molar-refractivity contribution in [3.63, 3.8) is 0 Å². The molecule has 1 aromatic carbocycles. The first kappa shape index (κ1) is 11.2. The zero-order valence-electron chi connectivity index (χ0n) is 8.49. The van der Waals surface area contributed by atoms with E-state index in [9.17, 15) is 0 Å². The minimum Gasteiger partial charge on any atom is -0.395 e. The summed E-state index contributed by atoms with van der Waals surface area (Å²) in [5.41, 5.74) is 1.29. The molecule has 82 valence electrons. The van der Waals surface area contributed by atoms with E-state index >= 15 is 0 Å². The number of rotatable bonds is 4. The van der Waals surface area contributed by atoms with E-state index in [0.717, 1.165) is 13.1 Å². The average molecular weight is 318 g/mol. The second kappa shape index (κ2) is 5.14. The molecule has 0 unspecified atom stereocenters. The Morgan fingerprint density at radius 1 is 1.33 bits per heavy atom. The molecule has 0 atom stereocenters. The zero-order chi connectivity index (χ0) is 10.7. The van der Waals surface area contributed by atoms with Crippen LogP contribution in [0.5, 0.6) is 0 Å².